The lowest BCUT2D eigenvalue weighted by Crippen LogP contribution is -2.02. The second-order valence-corrected chi connectivity index (χ2v) is 2.24. The molecule has 3 nitrogen and oxygen atoms in total. The molecular weight excluding hydrogens is 132 g/mol. The number of benzene rings is 1. The molecule has 0 saturated carbocycles. The Kier molecular flexibility index (Phi) is 0.845. The van der Waals surface area contributed by atoms with E-state index in [0.29, 0.717) is 17.9 Å². The molecule has 0 saturated heterocycles. The minimum absolute atomic E-state index is 0.0963. The maximum atomic E-state index is 9.08. The number of phenols is 2. The van der Waals surface area contributed by atoms with Crippen molar-refractivity contribution >= 4 is 0 Å². The van der Waals surface area contributed by atoms with E-state index in [1.807, 2.05) is 0 Å². The van der Waals surface area contributed by atoms with E-state index in [2.05, 4.69) is 0 Å². The van der Waals surface area contributed by atoms with E-state index in [1.54, 1.807) is 0 Å². The second kappa shape index (κ2) is 1.56. The predicted molar refractivity (Wildman–Crippen MR) is 34.1 cm³/mol. The number of rotatable bonds is 0. The van der Waals surface area contributed by atoms with Crippen molar-refractivity contribution in [3.05, 3.63) is 17.7 Å². The summed E-state index contributed by atoms with van der Waals surface area (Å²) in [7, 11) is 0. The lowest BCUT2D eigenvalue weighted by molar-refractivity contribution is 0.262. The molecule has 0 atom stereocenters. The highest BCUT2D eigenvalue weighted by Gasteiger charge is 2.15. The quantitative estimate of drug-likeness (QED) is 0.525. The van der Waals surface area contributed by atoms with Crippen LogP contribution >= 0.6 is 0 Å². The molecule has 3 rings (SSSR count). The van der Waals surface area contributed by atoms with Gasteiger partial charge in [-0.3, -0.25) is 0 Å². The minimum Gasteiger partial charge on any atom is -0.507 e. The topological polar surface area (TPSA) is 49.7 Å². The summed E-state index contributed by atoms with van der Waals surface area (Å²) in [6, 6.07) is 2.92. The summed E-state index contributed by atoms with van der Waals surface area (Å²) in [5.74, 6) is 0.644. The Hall–Kier alpha value is -1.38. The SMILES string of the molecule is Oc1cc2c(O)cc1CO2. The van der Waals surface area contributed by atoms with E-state index < -0.39 is 0 Å². The third-order valence-corrected chi connectivity index (χ3v) is 1.54. The fourth-order valence-electron chi connectivity index (χ4n) is 0.988. The van der Waals surface area contributed by atoms with Crippen LogP contribution in [0.5, 0.6) is 17.2 Å². The van der Waals surface area contributed by atoms with Gasteiger partial charge < -0.3 is 14.9 Å². The first-order valence-corrected chi connectivity index (χ1v) is 2.95. The van der Waals surface area contributed by atoms with Gasteiger partial charge in [-0.1, -0.05) is 0 Å². The van der Waals surface area contributed by atoms with Crippen LogP contribution in [0.15, 0.2) is 12.1 Å². The summed E-state index contributed by atoms with van der Waals surface area (Å²) in [6.07, 6.45) is 0. The van der Waals surface area contributed by atoms with Gasteiger partial charge in [-0.05, 0) is 6.07 Å². The lowest BCUT2D eigenvalue weighted by atomic mass is 10.1. The number of hydrogen-bond acceptors (Lipinski definition) is 3. The molecule has 0 aromatic heterocycles. The Morgan fingerprint density at radius 3 is 2.30 bits per heavy atom. The monoisotopic (exact) mass is 138 g/mol. The average Bonchev–Trinajstić information content (AvgIpc) is 1.91. The molecule has 2 aliphatic heterocycles. The minimum atomic E-state index is 0.0963. The number of hydrogen-bond donors (Lipinski definition) is 2. The molecule has 2 N–H and O–H groups in total. The van der Waals surface area contributed by atoms with Crippen LogP contribution in [0.3, 0.4) is 0 Å². The first kappa shape index (κ1) is 5.41. The summed E-state index contributed by atoms with van der Waals surface area (Å²) in [4.78, 5) is 0. The standard InChI is InChI=1S/C7H6O3/c8-5-2-7-6(9)1-4(5)3-10-7/h1-2,8-9H,3H2. The van der Waals surface area contributed by atoms with Crippen LogP contribution in [0.25, 0.3) is 0 Å². The number of ether oxygens (including phenoxy) is 1. The zero-order valence-electron chi connectivity index (χ0n) is 5.16. The van der Waals surface area contributed by atoms with Crippen molar-refractivity contribution in [2.75, 3.05) is 0 Å². The Labute approximate surface area is 57.5 Å². The molecule has 10 heavy (non-hydrogen) atoms. The molecule has 52 valence electrons. The molecule has 2 aliphatic rings. The summed E-state index contributed by atoms with van der Waals surface area (Å²) in [6.45, 7) is 0.363. The Morgan fingerprint density at radius 2 is 2.00 bits per heavy atom. The molecule has 0 unspecified atom stereocenters. The number of aromatic hydroxyl groups is 2. The second-order valence-electron chi connectivity index (χ2n) is 2.24. The first-order chi connectivity index (χ1) is 4.77. The largest absolute Gasteiger partial charge is 0.507 e. The Bertz CT molecular complexity index is 251. The highest BCUT2D eigenvalue weighted by molar-refractivity contribution is 5.51. The van der Waals surface area contributed by atoms with Gasteiger partial charge in [0.15, 0.2) is 11.5 Å². The van der Waals surface area contributed by atoms with Crippen molar-refractivity contribution in [1.29, 1.82) is 0 Å². The van der Waals surface area contributed by atoms with Crippen molar-refractivity contribution in [3.8, 4) is 17.2 Å². The van der Waals surface area contributed by atoms with Crippen molar-refractivity contribution < 1.29 is 14.9 Å². The van der Waals surface area contributed by atoms with Crippen molar-refractivity contribution in [3.63, 3.8) is 0 Å². The lowest BCUT2D eigenvalue weighted by Gasteiger charge is -2.16. The van der Waals surface area contributed by atoms with E-state index in [1.165, 1.54) is 12.1 Å². The third-order valence-electron chi connectivity index (χ3n) is 1.54. The molecule has 2 bridgehead atoms. The maximum Gasteiger partial charge on any atom is 0.165 e. The van der Waals surface area contributed by atoms with E-state index in [0.717, 1.165) is 0 Å². The molecule has 1 aromatic rings. The summed E-state index contributed by atoms with van der Waals surface area (Å²) < 4.78 is 4.98. The van der Waals surface area contributed by atoms with Gasteiger partial charge in [0.25, 0.3) is 0 Å². The fraction of sp³-hybridized carbons (Fsp3) is 0.143. The van der Waals surface area contributed by atoms with Crippen LogP contribution in [0.4, 0.5) is 0 Å². The van der Waals surface area contributed by atoms with E-state index in [4.69, 9.17) is 14.9 Å². The van der Waals surface area contributed by atoms with Gasteiger partial charge >= 0.3 is 0 Å². The van der Waals surface area contributed by atoms with Gasteiger partial charge in [0.2, 0.25) is 0 Å². The van der Waals surface area contributed by atoms with Gasteiger partial charge in [-0.2, -0.15) is 0 Å². The molecule has 1 aromatic carbocycles. The number of fused-ring (bicyclic) bond motifs is 3. The maximum absolute atomic E-state index is 9.08. The average molecular weight is 138 g/mol. The highest BCUT2D eigenvalue weighted by Crippen LogP contribution is 2.38. The van der Waals surface area contributed by atoms with Crippen molar-refractivity contribution in [2.45, 2.75) is 6.61 Å². The molecule has 0 spiro atoms. The molecule has 2 heterocycles. The normalized spacial score (nSPS) is 13.2. The van der Waals surface area contributed by atoms with Crippen molar-refractivity contribution in [2.24, 2.45) is 0 Å². The van der Waals surface area contributed by atoms with Crippen LogP contribution in [-0.2, 0) is 6.61 Å². The molecule has 0 radical (unpaired) electrons. The third kappa shape index (κ3) is 0.543. The van der Waals surface area contributed by atoms with Gasteiger partial charge in [0, 0.05) is 11.6 Å². The van der Waals surface area contributed by atoms with Crippen LogP contribution < -0.4 is 4.74 Å². The van der Waals surface area contributed by atoms with Crippen LogP contribution in [-0.4, -0.2) is 10.2 Å². The van der Waals surface area contributed by atoms with Crippen LogP contribution in [0.2, 0.25) is 0 Å². The molecular formula is C7H6O3. The van der Waals surface area contributed by atoms with Crippen molar-refractivity contribution in [1.82, 2.24) is 0 Å². The van der Waals surface area contributed by atoms with Gasteiger partial charge in [-0.25, -0.2) is 0 Å². The van der Waals surface area contributed by atoms with Gasteiger partial charge in [0.05, 0.1) is 0 Å². The van der Waals surface area contributed by atoms with E-state index in [-0.39, 0.29) is 11.5 Å². The predicted octanol–water partition coefficient (Wildman–Crippen LogP) is 0.990. The molecule has 0 fully saturated rings. The summed E-state index contributed by atoms with van der Waals surface area (Å²) >= 11 is 0. The van der Waals surface area contributed by atoms with Crippen LogP contribution in [0.1, 0.15) is 5.56 Å². The molecule has 0 aliphatic carbocycles. The smallest absolute Gasteiger partial charge is 0.165 e. The molecule has 3 heteroatoms. The van der Waals surface area contributed by atoms with Gasteiger partial charge in [-0.15, -0.1) is 0 Å². The first-order valence-electron chi connectivity index (χ1n) is 2.95. The molecule has 0 amide bonds. The fourth-order valence-corrected chi connectivity index (χ4v) is 0.988. The Balaban J connectivity index is 2.71. The van der Waals surface area contributed by atoms with Gasteiger partial charge in [0.1, 0.15) is 12.4 Å². The highest BCUT2D eigenvalue weighted by atomic mass is 16.5. The van der Waals surface area contributed by atoms with E-state index >= 15 is 0 Å². The summed E-state index contributed by atoms with van der Waals surface area (Å²) in [5, 5.41) is 18.1. The zero-order valence-corrected chi connectivity index (χ0v) is 5.16. The zero-order chi connectivity index (χ0) is 7.14. The van der Waals surface area contributed by atoms with Crippen LogP contribution in [0, 0.1) is 0 Å². The Morgan fingerprint density at radius 1 is 1.20 bits per heavy atom. The number of phenolic OH excluding ortho intramolecular Hbond substituents is 2. The van der Waals surface area contributed by atoms with E-state index in [9.17, 15) is 0 Å². The summed E-state index contributed by atoms with van der Waals surface area (Å²) in [5.41, 5.74) is 0.632.